The molecule has 0 saturated carbocycles. The normalized spacial score (nSPS) is 10.7. The third kappa shape index (κ3) is 5.91. The molecule has 0 saturated heterocycles. The molecule has 3 rings (SSSR count). The molecule has 3 aromatic rings. The SMILES string of the molecule is Cc1ccc(NC(=O)CSc2nnc(CCNC(=O)c3ccccc3F)n2C)c(C)c1. The van der Waals surface area contributed by atoms with Gasteiger partial charge in [0.15, 0.2) is 5.16 Å². The third-order valence-electron chi connectivity index (χ3n) is 4.67. The Balaban J connectivity index is 1.49. The smallest absolute Gasteiger partial charge is 0.254 e. The van der Waals surface area contributed by atoms with E-state index in [2.05, 4.69) is 20.8 Å². The highest BCUT2D eigenvalue weighted by atomic mass is 32.2. The molecule has 0 atom stereocenters. The number of amides is 2. The second kappa shape index (κ2) is 10.2. The quantitative estimate of drug-likeness (QED) is 0.524. The number of halogens is 1. The summed E-state index contributed by atoms with van der Waals surface area (Å²) in [5, 5.41) is 14.4. The summed E-state index contributed by atoms with van der Waals surface area (Å²) in [6.45, 7) is 4.25. The fraction of sp³-hybridized carbons (Fsp3) is 0.273. The van der Waals surface area contributed by atoms with E-state index >= 15 is 0 Å². The number of hydrogen-bond acceptors (Lipinski definition) is 5. The average molecular weight is 442 g/mol. The van der Waals surface area contributed by atoms with Gasteiger partial charge < -0.3 is 15.2 Å². The van der Waals surface area contributed by atoms with Crippen LogP contribution in [0.15, 0.2) is 47.6 Å². The number of benzene rings is 2. The Morgan fingerprint density at radius 3 is 2.65 bits per heavy atom. The molecule has 7 nitrogen and oxygen atoms in total. The number of anilines is 1. The first-order chi connectivity index (χ1) is 14.8. The number of carbonyl (C=O) groups is 2. The molecule has 2 N–H and O–H groups in total. The lowest BCUT2D eigenvalue weighted by Gasteiger charge is -2.09. The van der Waals surface area contributed by atoms with Gasteiger partial charge in [-0.15, -0.1) is 10.2 Å². The van der Waals surface area contributed by atoms with Gasteiger partial charge in [-0.25, -0.2) is 4.39 Å². The van der Waals surface area contributed by atoms with Crippen molar-refractivity contribution >= 4 is 29.3 Å². The second-order valence-electron chi connectivity index (χ2n) is 7.10. The molecule has 0 radical (unpaired) electrons. The van der Waals surface area contributed by atoms with Gasteiger partial charge >= 0.3 is 0 Å². The summed E-state index contributed by atoms with van der Waals surface area (Å²) in [4.78, 5) is 24.4. The minimum absolute atomic E-state index is 0.00605. The largest absolute Gasteiger partial charge is 0.351 e. The van der Waals surface area contributed by atoms with Crippen LogP contribution in [0.2, 0.25) is 0 Å². The van der Waals surface area contributed by atoms with Gasteiger partial charge in [-0.2, -0.15) is 0 Å². The first kappa shape index (κ1) is 22.5. The molecule has 0 unspecified atom stereocenters. The van der Waals surface area contributed by atoms with Crippen molar-refractivity contribution in [1.82, 2.24) is 20.1 Å². The van der Waals surface area contributed by atoms with Crippen LogP contribution in [0.1, 0.15) is 27.3 Å². The molecule has 0 aliphatic heterocycles. The summed E-state index contributed by atoms with van der Waals surface area (Å²) >= 11 is 1.28. The van der Waals surface area contributed by atoms with Gasteiger partial charge in [-0.05, 0) is 37.6 Å². The monoisotopic (exact) mass is 441 g/mol. The van der Waals surface area contributed by atoms with E-state index in [0.717, 1.165) is 16.8 Å². The summed E-state index contributed by atoms with van der Waals surface area (Å²) in [5.74, 6) is -0.303. The van der Waals surface area contributed by atoms with Crippen molar-refractivity contribution in [2.24, 2.45) is 7.05 Å². The number of hydrogen-bond donors (Lipinski definition) is 2. The van der Waals surface area contributed by atoms with Crippen LogP contribution in [0, 0.1) is 19.7 Å². The highest BCUT2D eigenvalue weighted by Gasteiger charge is 2.14. The van der Waals surface area contributed by atoms with Gasteiger partial charge in [0.2, 0.25) is 5.91 Å². The van der Waals surface area contributed by atoms with Gasteiger partial charge in [-0.3, -0.25) is 9.59 Å². The highest BCUT2D eigenvalue weighted by molar-refractivity contribution is 7.99. The number of thioether (sulfide) groups is 1. The van der Waals surface area contributed by atoms with E-state index in [1.165, 1.54) is 30.0 Å². The Hall–Kier alpha value is -3.20. The predicted molar refractivity (Wildman–Crippen MR) is 119 cm³/mol. The van der Waals surface area contributed by atoms with Gasteiger partial charge in [0.1, 0.15) is 11.6 Å². The van der Waals surface area contributed by atoms with E-state index in [0.29, 0.717) is 17.4 Å². The van der Waals surface area contributed by atoms with Crippen molar-refractivity contribution in [3.8, 4) is 0 Å². The lowest BCUT2D eigenvalue weighted by atomic mass is 10.1. The van der Waals surface area contributed by atoms with Crippen LogP contribution < -0.4 is 10.6 Å². The van der Waals surface area contributed by atoms with Crippen molar-refractivity contribution in [3.63, 3.8) is 0 Å². The Bertz CT molecular complexity index is 1100. The van der Waals surface area contributed by atoms with E-state index in [1.807, 2.05) is 32.0 Å². The summed E-state index contributed by atoms with van der Waals surface area (Å²) in [5.41, 5.74) is 2.95. The van der Waals surface area contributed by atoms with Crippen molar-refractivity contribution in [2.75, 3.05) is 17.6 Å². The molecule has 0 aliphatic carbocycles. The number of carbonyl (C=O) groups excluding carboxylic acids is 2. The van der Waals surface area contributed by atoms with Crippen LogP contribution in [0.4, 0.5) is 10.1 Å². The number of rotatable bonds is 8. The Labute approximate surface area is 184 Å². The van der Waals surface area contributed by atoms with Crippen molar-refractivity contribution in [3.05, 3.63) is 70.8 Å². The number of aromatic nitrogens is 3. The van der Waals surface area contributed by atoms with E-state index in [4.69, 9.17) is 0 Å². The zero-order valence-electron chi connectivity index (χ0n) is 17.6. The van der Waals surface area contributed by atoms with E-state index in [1.54, 1.807) is 17.7 Å². The Kier molecular flexibility index (Phi) is 7.41. The maximum Gasteiger partial charge on any atom is 0.254 e. The van der Waals surface area contributed by atoms with Crippen LogP contribution in [-0.4, -0.2) is 38.9 Å². The van der Waals surface area contributed by atoms with Crippen molar-refractivity contribution < 1.29 is 14.0 Å². The molecule has 2 amide bonds. The van der Waals surface area contributed by atoms with Gasteiger partial charge in [0, 0.05) is 25.7 Å². The van der Waals surface area contributed by atoms with E-state index in [9.17, 15) is 14.0 Å². The van der Waals surface area contributed by atoms with Crippen LogP contribution in [0.5, 0.6) is 0 Å². The van der Waals surface area contributed by atoms with Crippen LogP contribution in [-0.2, 0) is 18.3 Å². The molecular weight excluding hydrogens is 417 g/mol. The summed E-state index contributed by atoms with van der Waals surface area (Å²) in [6, 6.07) is 11.7. The summed E-state index contributed by atoms with van der Waals surface area (Å²) in [6.07, 6.45) is 0.430. The fourth-order valence-corrected chi connectivity index (χ4v) is 3.72. The highest BCUT2D eigenvalue weighted by Crippen LogP contribution is 2.19. The topological polar surface area (TPSA) is 88.9 Å². The zero-order valence-corrected chi connectivity index (χ0v) is 18.4. The maximum atomic E-state index is 13.7. The van der Waals surface area contributed by atoms with E-state index < -0.39 is 11.7 Å². The minimum atomic E-state index is -0.559. The van der Waals surface area contributed by atoms with Gasteiger partial charge in [0.05, 0.1) is 11.3 Å². The lowest BCUT2D eigenvalue weighted by Crippen LogP contribution is -2.27. The average Bonchev–Trinajstić information content (AvgIpc) is 3.08. The lowest BCUT2D eigenvalue weighted by molar-refractivity contribution is -0.113. The number of aryl methyl sites for hydroxylation is 2. The second-order valence-corrected chi connectivity index (χ2v) is 8.04. The fourth-order valence-electron chi connectivity index (χ4n) is 2.99. The van der Waals surface area contributed by atoms with Gasteiger partial charge in [0.25, 0.3) is 5.91 Å². The van der Waals surface area contributed by atoms with Crippen molar-refractivity contribution in [1.29, 1.82) is 0 Å². The molecule has 162 valence electrons. The molecule has 9 heteroatoms. The molecule has 1 heterocycles. The molecule has 0 aliphatic rings. The van der Waals surface area contributed by atoms with E-state index in [-0.39, 0.29) is 23.8 Å². The van der Waals surface area contributed by atoms with Crippen LogP contribution in [0.3, 0.4) is 0 Å². The molecule has 0 spiro atoms. The molecule has 1 aromatic heterocycles. The first-order valence-electron chi connectivity index (χ1n) is 9.76. The molecule has 0 bridgehead atoms. The Morgan fingerprint density at radius 1 is 1.13 bits per heavy atom. The van der Waals surface area contributed by atoms with Crippen molar-refractivity contribution in [2.45, 2.75) is 25.4 Å². The molecule has 31 heavy (non-hydrogen) atoms. The summed E-state index contributed by atoms with van der Waals surface area (Å²) in [7, 11) is 1.80. The van der Waals surface area contributed by atoms with Crippen LogP contribution >= 0.6 is 11.8 Å². The predicted octanol–water partition coefficient (Wildman–Crippen LogP) is 3.27. The Morgan fingerprint density at radius 2 is 1.90 bits per heavy atom. The van der Waals surface area contributed by atoms with Crippen LogP contribution in [0.25, 0.3) is 0 Å². The standard InChI is InChI=1S/C22H24FN5O2S/c1-14-8-9-18(15(2)12-14)25-20(29)13-31-22-27-26-19(28(22)3)10-11-24-21(30)16-6-4-5-7-17(16)23/h4-9,12H,10-11,13H2,1-3H3,(H,24,30)(H,25,29). The number of nitrogens with one attached hydrogen (secondary N) is 2. The third-order valence-corrected chi connectivity index (χ3v) is 5.69. The summed E-state index contributed by atoms with van der Waals surface area (Å²) < 4.78 is 15.4. The number of nitrogens with zero attached hydrogens (tertiary/aromatic N) is 3. The first-order valence-corrected chi connectivity index (χ1v) is 10.7. The maximum absolute atomic E-state index is 13.7. The van der Waals surface area contributed by atoms with Gasteiger partial charge in [-0.1, -0.05) is 41.6 Å². The molecule has 2 aromatic carbocycles. The zero-order chi connectivity index (χ0) is 22.4. The minimum Gasteiger partial charge on any atom is -0.351 e. The molecule has 0 fully saturated rings. The molecular formula is C22H24FN5O2S.